The Morgan fingerprint density at radius 3 is 1.20 bits per heavy atom. The van der Waals surface area contributed by atoms with E-state index in [1.807, 2.05) is 0 Å². The van der Waals surface area contributed by atoms with Crippen LogP contribution >= 0.6 is 0 Å². The molecule has 0 atom stereocenters. The topological polar surface area (TPSA) is 9.23 Å². The van der Waals surface area contributed by atoms with Gasteiger partial charge in [0.2, 0.25) is 0 Å². The summed E-state index contributed by atoms with van der Waals surface area (Å²) in [6.07, 6.45) is 0. The first-order valence-electron chi connectivity index (χ1n) is 8.93. The molecule has 3 aromatic rings. The van der Waals surface area contributed by atoms with E-state index in [2.05, 4.69) is 100 Å². The van der Waals surface area contributed by atoms with Crippen LogP contribution in [0.25, 0.3) is 0 Å². The van der Waals surface area contributed by atoms with Crippen molar-refractivity contribution in [1.29, 1.82) is 0 Å². The van der Waals surface area contributed by atoms with Crippen molar-refractivity contribution in [3.63, 3.8) is 0 Å². The molecule has 0 aliphatic carbocycles. The number of hydrogen-bond acceptors (Lipinski definition) is 1. The smallest absolute Gasteiger partial charge is 0.144 e. The minimum atomic E-state index is -0.600. The Hall–Kier alpha value is -2.38. The summed E-state index contributed by atoms with van der Waals surface area (Å²) >= 11 is 0. The van der Waals surface area contributed by atoms with E-state index in [0.29, 0.717) is 6.61 Å². The highest BCUT2D eigenvalue weighted by molar-refractivity contribution is 5.54. The van der Waals surface area contributed by atoms with Gasteiger partial charge in [0.15, 0.2) is 0 Å². The summed E-state index contributed by atoms with van der Waals surface area (Å²) in [4.78, 5) is 0. The van der Waals surface area contributed by atoms with E-state index in [4.69, 9.17) is 4.74 Å². The van der Waals surface area contributed by atoms with Gasteiger partial charge in [0, 0.05) is 6.61 Å². The van der Waals surface area contributed by atoms with Gasteiger partial charge in [0.05, 0.1) is 0 Å². The Bertz CT molecular complexity index is 752. The van der Waals surface area contributed by atoms with Crippen LogP contribution in [0, 0.1) is 20.8 Å². The Kier molecular flexibility index (Phi) is 5.06. The van der Waals surface area contributed by atoms with Crippen molar-refractivity contribution in [3.8, 4) is 0 Å². The van der Waals surface area contributed by atoms with Gasteiger partial charge in [-0.15, -0.1) is 0 Å². The van der Waals surface area contributed by atoms with Crippen LogP contribution in [0.5, 0.6) is 0 Å². The van der Waals surface area contributed by atoms with Crippen molar-refractivity contribution in [2.75, 3.05) is 6.61 Å². The molecule has 0 N–H and O–H groups in total. The van der Waals surface area contributed by atoms with Gasteiger partial charge in [0.25, 0.3) is 0 Å². The summed E-state index contributed by atoms with van der Waals surface area (Å²) in [5.41, 5.74) is 6.74. The van der Waals surface area contributed by atoms with Crippen LogP contribution in [0.15, 0.2) is 72.8 Å². The fraction of sp³-hybridized carbons (Fsp3) is 0.250. The van der Waals surface area contributed by atoms with Crippen LogP contribution in [-0.4, -0.2) is 6.61 Å². The number of aryl methyl sites for hydroxylation is 3. The van der Waals surface area contributed by atoms with Crippen LogP contribution in [0.4, 0.5) is 0 Å². The van der Waals surface area contributed by atoms with Crippen LogP contribution in [0.3, 0.4) is 0 Å². The molecule has 0 amide bonds. The molecule has 0 fully saturated rings. The third kappa shape index (κ3) is 3.01. The first kappa shape index (κ1) is 17.4. The van der Waals surface area contributed by atoms with E-state index in [1.54, 1.807) is 0 Å². The molecule has 1 nitrogen and oxygen atoms in total. The molecule has 25 heavy (non-hydrogen) atoms. The van der Waals surface area contributed by atoms with E-state index in [-0.39, 0.29) is 0 Å². The van der Waals surface area contributed by atoms with Crippen molar-refractivity contribution in [2.24, 2.45) is 0 Å². The monoisotopic (exact) mass is 330 g/mol. The van der Waals surface area contributed by atoms with Crippen LogP contribution in [0.1, 0.15) is 40.3 Å². The van der Waals surface area contributed by atoms with Gasteiger partial charge in [-0.25, -0.2) is 0 Å². The van der Waals surface area contributed by atoms with Gasteiger partial charge in [-0.1, -0.05) is 72.8 Å². The Morgan fingerprint density at radius 1 is 0.600 bits per heavy atom. The third-order valence-corrected chi connectivity index (χ3v) is 4.93. The molecule has 1 heteroatoms. The summed E-state index contributed by atoms with van der Waals surface area (Å²) in [7, 11) is 0. The molecule has 0 aliphatic rings. The molecule has 0 heterocycles. The fourth-order valence-electron chi connectivity index (χ4n) is 3.79. The van der Waals surface area contributed by atoms with Gasteiger partial charge in [-0.3, -0.25) is 0 Å². The molecule has 128 valence electrons. The lowest BCUT2D eigenvalue weighted by Crippen LogP contribution is -2.35. The minimum absolute atomic E-state index is 0.600. The Balaban J connectivity index is 2.44. The van der Waals surface area contributed by atoms with Gasteiger partial charge in [-0.2, -0.15) is 0 Å². The van der Waals surface area contributed by atoms with Gasteiger partial charge >= 0.3 is 0 Å². The molecule has 0 unspecified atom stereocenters. The predicted molar refractivity (Wildman–Crippen MR) is 105 cm³/mol. The Morgan fingerprint density at radius 2 is 0.920 bits per heavy atom. The number of rotatable bonds is 5. The van der Waals surface area contributed by atoms with E-state index in [0.717, 1.165) is 0 Å². The number of hydrogen-bond donors (Lipinski definition) is 0. The highest BCUT2D eigenvalue weighted by atomic mass is 16.5. The first-order chi connectivity index (χ1) is 12.1. The minimum Gasteiger partial charge on any atom is -0.361 e. The quantitative estimate of drug-likeness (QED) is 0.526. The lowest BCUT2D eigenvalue weighted by molar-refractivity contribution is 0.0202. The molecule has 0 bridgehead atoms. The van der Waals surface area contributed by atoms with E-state index in [1.165, 1.54) is 33.4 Å². The van der Waals surface area contributed by atoms with Gasteiger partial charge < -0.3 is 4.74 Å². The van der Waals surface area contributed by atoms with Crippen molar-refractivity contribution >= 4 is 0 Å². The SMILES string of the molecule is CCOC(c1ccccc1C)(c1ccccc1C)c1ccccc1C. The van der Waals surface area contributed by atoms with Crippen molar-refractivity contribution in [3.05, 3.63) is 106 Å². The van der Waals surface area contributed by atoms with Gasteiger partial charge in [0.1, 0.15) is 5.60 Å². The second kappa shape index (κ2) is 7.25. The molecular weight excluding hydrogens is 304 g/mol. The van der Waals surface area contributed by atoms with Gasteiger partial charge in [-0.05, 0) is 61.1 Å². The maximum atomic E-state index is 6.63. The number of ether oxygens (including phenoxy) is 1. The largest absolute Gasteiger partial charge is 0.361 e. The highest BCUT2D eigenvalue weighted by Gasteiger charge is 2.40. The molecule has 3 rings (SSSR count). The normalized spacial score (nSPS) is 11.5. The summed E-state index contributed by atoms with van der Waals surface area (Å²) in [6.45, 7) is 9.21. The van der Waals surface area contributed by atoms with E-state index < -0.39 is 5.60 Å². The Labute approximate surface area is 151 Å². The molecular formula is C24H26O. The zero-order chi connectivity index (χ0) is 17.9. The molecule has 3 aromatic carbocycles. The average Bonchev–Trinajstić information content (AvgIpc) is 2.62. The molecule has 0 radical (unpaired) electrons. The molecule has 0 saturated heterocycles. The van der Waals surface area contributed by atoms with Crippen LogP contribution in [-0.2, 0) is 10.3 Å². The second-order valence-electron chi connectivity index (χ2n) is 6.56. The zero-order valence-electron chi connectivity index (χ0n) is 15.5. The molecule has 0 saturated carbocycles. The van der Waals surface area contributed by atoms with Crippen molar-refractivity contribution < 1.29 is 4.74 Å². The van der Waals surface area contributed by atoms with Crippen molar-refractivity contribution in [1.82, 2.24) is 0 Å². The van der Waals surface area contributed by atoms with Crippen LogP contribution < -0.4 is 0 Å². The van der Waals surface area contributed by atoms with Crippen LogP contribution in [0.2, 0.25) is 0 Å². The summed E-state index contributed by atoms with van der Waals surface area (Å²) in [5, 5.41) is 0. The van der Waals surface area contributed by atoms with E-state index >= 15 is 0 Å². The predicted octanol–water partition coefficient (Wildman–Crippen LogP) is 5.94. The zero-order valence-corrected chi connectivity index (χ0v) is 15.5. The summed E-state index contributed by atoms with van der Waals surface area (Å²) < 4.78 is 6.63. The number of benzene rings is 3. The maximum absolute atomic E-state index is 6.63. The van der Waals surface area contributed by atoms with Crippen molar-refractivity contribution in [2.45, 2.75) is 33.3 Å². The standard InChI is InChI=1S/C24H26O/c1-5-25-24(21-15-9-6-12-18(21)2,22-16-10-7-13-19(22)3)23-17-11-8-14-20(23)4/h6-17H,5H2,1-4H3. The lowest BCUT2D eigenvalue weighted by atomic mass is 9.75. The molecule has 0 aromatic heterocycles. The average molecular weight is 330 g/mol. The lowest BCUT2D eigenvalue weighted by Gasteiger charge is -2.38. The maximum Gasteiger partial charge on any atom is 0.144 e. The second-order valence-corrected chi connectivity index (χ2v) is 6.56. The first-order valence-corrected chi connectivity index (χ1v) is 8.93. The fourth-order valence-corrected chi connectivity index (χ4v) is 3.79. The highest BCUT2D eigenvalue weighted by Crippen LogP contribution is 2.44. The van der Waals surface area contributed by atoms with E-state index in [9.17, 15) is 0 Å². The summed E-state index contributed by atoms with van der Waals surface area (Å²) in [6, 6.07) is 25.7. The summed E-state index contributed by atoms with van der Waals surface area (Å²) in [5.74, 6) is 0. The third-order valence-electron chi connectivity index (χ3n) is 4.93. The molecule has 0 aliphatic heterocycles. The molecule has 0 spiro atoms.